The molecule has 1 aromatic heterocycles. The first kappa shape index (κ1) is 14.0. The minimum absolute atomic E-state index is 0.0886. The van der Waals surface area contributed by atoms with Crippen molar-refractivity contribution in [3.63, 3.8) is 0 Å². The van der Waals surface area contributed by atoms with Gasteiger partial charge in [0, 0.05) is 18.5 Å². The summed E-state index contributed by atoms with van der Waals surface area (Å²) in [5.74, 6) is -1.15. The van der Waals surface area contributed by atoms with Crippen LogP contribution in [0.2, 0.25) is 0 Å². The highest BCUT2D eigenvalue weighted by atomic mass is 16.4. The summed E-state index contributed by atoms with van der Waals surface area (Å²) in [5.41, 5.74) is 1.66. The minimum Gasteiger partial charge on any atom is -0.481 e. The number of amides is 1. The van der Waals surface area contributed by atoms with Crippen LogP contribution in [0.15, 0.2) is 24.3 Å². The Hall–Kier alpha value is -2.37. The lowest BCUT2D eigenvalue weighted by molar-refractivity contribution is -0.137. The van der Waals surface area contributed by atoms with Crippen molar-refractivity contribution in [3.8, 4) is 0 Å². The normalized spacial score (nSPS) is 12.3. The van der Waals surface area contributed by atoms with Crippen molar-refractivity contribution < 1.29 is 14.7 Å². The van der Waals surface area contributed by atoms with Crippen LogP contribution in [-0.2, 0) is 23.1 Å². The molecule has 0 radical (unpaired) electrons. The quantitative estimate of drug-likeness (QED) is 0.855. The molecule has 1 aromatic carbocycles. The second-order valence-electron chi connectivity index (χ2n) is 4.83. The number of carboxylic acid groups (broad SMARTS) is 1. The third kappa shape index (κ3) is 3.14. The molecule has 1 atom stereocenters. The second kappa shape index (κ2) is 5.73. The number of hydrogen-bond acceptors (Lipinski definition) is 3. The molecule has 6 nitrogen and oxygen atoms in total. The molecule has 0 saturated carbocycles. The number of nitrogens with one attached hydrogen (secondary N) is 1. The molecular formula is C14H17N3O3. The van der Waals surface area contributed by atoms with E-state index < -0.39 is 12.0 Å². The number of para-hydroxylation sites is 1. The van der Waals surface area contributed by atoms with Crippen LogP contribution in [0.5, 0.6) is 0 Å². The fourth-order valence-electron chi connectivity index (χ4n) is 2.21. The molecule has 0 aliphatic rings. The van der Waals surface area contributed by atoms with Crippen molar-refractivity contribution in [2.75, 3.05) is 0 Å². The van der Waals surface area contributed by atoms with Crippen molar-refractivity contribution >= 4 is 22.8 Å². The summed E-state index contributed by atoms with van der Waals surface area (Å²) in [7, 11) is 1.83. The van der Waals surface area contributed by atoms with E-state index in [0.717, 1.165) is 10.9 Å². The molecular weight excluding hydrogens is 258 g/mol. The summed E-state index contributed by atoms with van der Waals surface area (Å²) in [4.78, 5) is 22.5. The Balaban J connectivity index is 2.08. The van der Waals surface area contributed by atoms with E-state index in [4.69, 9.17) is 5.11 Å². The van der Waals surface area contributed by atoms with Gasteiger partial charge in [-0.3, -0.25) is 14.3 Å². The smallest absolute Gasteiger partial charge is 0.305 e. The molecule has 1 heterocycles. The number of fused-ring (bicyclic) bond motifs is 1. The Kier molecular flexibility index (Phi) is 4.02. The maximum absolute atomic E-state index is 11.9. The molecule has 0 saturated heterocycles. The Morgan fingerprint density at radius 2 is 2.10 bits per heavy atom. The summed E-state index contributed by atoms with van der Waals surface area (Å²) in [6, 6.07) is 7.29. The van der Waals surface area contributed by atoms with Crippen LogP contribution in [0.25, 0.3) is 10.9 Å². The first-order chi connectivity index (χ1) is 9.47. The number of nitrogens with zero attached hydrogens (tertiary/aromatic N) is 2. The topological polar surface area (TPSA) is 84.2 Å². The van der Waals surface area contributed by atoms with E-state index in [-0.39, 0.29) is 18.7 Å². The molecule has 0 spiro atoms. The largest absolute Gasteiger partial charge is 0.481 e. The number of carbonyl (C=O) groups is 2. The van der Waals surface area contributed by atoms with Gasteiger partial charge in [-0.05, 0) is 13.0 Å². The van der Waals surface area contributed by atoms with Crippen LogP contribution in [0.1, 0.15) is 19.0 Å². The SMILES string of the molecule is CC(CC(=O)O)NC(=O)Cc1nn(C)c2ccccc12. The maximum atomic E-state index is 11.9. The molecule has 1 amide bonds. The average molecular weight is 275 g/mol. The van der Waals surface area contributed by atoms with E-state index in [1.165, 1.54) is 0 Å². The summed E-state index contributed by atoms with van der Waals surface area (Å²) in [5, 5.41) is 16.6. The van der Waals surface area contributed by atoms with E-state index in [0.29, 0.717) is 5.69 Å². The zero-order valence-electron chi connectivity index (χ0n) is 11.5. The van der Waals surface area contributed by atoms with Crippen LogP contribution in [-0.4, -0.2) is 32.8 Å². The van der Waals surface area contributed by atoms with Crippen LogP contribution >= 0.6 is 0 Å². The highest BCUT2D eigenvalue weighted by Crippen LogP contribution is 2.17. The predicted molar refractivity (Wildman–Crippen MR) is 74.3 cm³/mol. The Bertz CT molecular complexity index is 648. The molecule has 6 heteroatoms. The van der Waals surface area contributed by atoms with Crippen LogP contribution in [0, 0.1) is 0 Å². The van der Waals surface area contributed by atoms with Crippen molar-refractivity contribution in [1.29, 1.82) is 0 Å². The predicted octanol–water partition coefficient (Wildman–Crippen LogP) is 1.10. The average Bonchev–Trinajstić information content (AvgIpc) is 2.65. The summed E-state index contributed by atoms with van der Waals surface area (Å²) in [6.07, 6.45) is 0.0556. The van der Waals surface area contributed by atoms with Crippen molar-refractivity contribution in [3.05, 3.63) is 30.0 Å². The van der Waals surface area contributed by atoms with E-state index in [2.05, 4.69) is 10.4 Å². The summed E-state index contributed by atoms with van der Waals surface area (Å²) >= 11 is 0. The first-order valence-electron chi connectivity index (χ1n) is 6.39. The second-order valence-corrected chi connectivity index (χ2v) is 4.83. The number of aryl methyl sites for hydroxylation is 1. The summed E-state index contributed by atoms with van der Waals surface area (Å²) in [6.45, 7) is 1.67. The molecule has 0 aliphatic carbocycles. The van der Waals surface area contributed by atoms with Crippen molar-refractivity contribution in [1.82, 2.24) is 15.1 Å². The zero-order valence-corrected chi connectivity index (χ0v) is 11.5. The molecule has 1 unspecified atom stereocenters. The Morgan fingerprint density at radius 1 is 1.40 bits per heavy atom. The van der Waals surface area contributed by atoms with E-state index in [1.807, 2.05) is 31.3 Å². The number of rotatable bonds is 5. The van der Waals surface area contributed by atoms with Gasteiger partial charge in [0.05, 0.1) is 24.1 Å². The van der Waals surface area contributed by atoms with Crippen LogP contribution < -0.4 is 5.32 Å². The minimum atomic E-state index is -0.930. The number of benzene rings is 1. The van der Waals surface area contributed by atoms with Gasteiger partial charge in [0.1, 0.15) is 0 Å². The number of aliphatic carboxylic acids is 1. The fourth-order valence-corrected chi connectivity index (χ4v) is 2.21. The third-order valence-electron chi connectivity index (χ3n) is 3.05. The first-order valence-corrected chi connectivity index (χ1v) is 6.39. The standard InChI is InChI=1S/C14H17N3O3/c1-9(7-14(19)20)15-13(18)8-11-10-5-3-4-6-12(10)17(2)16-11/h3-6,9H,7-8H2,1-2H3,(H,15,18)(H,19,20). The molecule has 106 valence electrons. The van der Waals surface area contributed by atoms with Crippen molar-refractivity contribution in [2.24, 2.45) is 7.05 Å². The molecule has 0 aliphatic heterocycles. The maximum Gasteiger partial charge on any atom is 0.305 e. The van der Waals surface area contributed by atoms with Gasteiger partial charge in [-0.15, -0.1) is 0 Å². The molecule has 20 heavy (non-hydrogen) atoms. The Labute approximate surface area is 116 Å². The number of carbonyl (C=O) groups excluding carboxylic acids is 1. The summed E-state index contributed by atoms with van der Waals surface area (Å²) < 4.78 is 1.73. The number of aromatic nitrogens is 2. The lowest BCUT2D eigenvalue weighted by atomic mass is 10.1. The van der Waals surface area contributed by atoms with E-state index in [9.17, 15) is 9.59 Å². The zero-order chi connectivity index (χ0) is 14.7. The molecule has 2 rings (SSSR count). The van der Waals surface area contributed by atoms with Crippen LogP contribution in [0.4, 0.5) is 0 Å². The van der Waals surface area contributed by atoms with Gasteiger partial charge in [0.2, 0.25) is 5.91 Å². The van der Waals surface area contributed by atoms with E-state index in [1.54, 1.807) is 11.6 Å². The third-order valence-corrected chi connectivity index (χ3v) is 3.05. The molecule has 0 bridgehead atoms. The van der Waals surface area contributed by atoms with Gasteiger partial charge in [-0.2, -0.15) is 5.10 Å². The van der Waals surface area contributed by atoms with Gasteiger partial charge in [-0.25, -0.2) is 0 Å². The molecule has 0 fully saturated rings. The monoisotopic (exact) mass is 275 g/mol. The number of carboxylic acids is 1. The van der Waals surface area contributed by atoms with Gasteiger partial charge < -0.3 is 10.4 Å². The van der Waals surface area contributed by atoms with Gasteiger partial charge in [-0.1, -0.05) is 18.2 Å². The lowest BCUT2D eigenvalue weighted by Crippen LogP contribution is -2.35. The number of hydrogen-bond donors (Lipinski definition) is 2. The lowest BCUT2D eigenvalue weighted by Gasteiger charge is -2.10. The van der Waals surface area contributed by atoms with Gasteiger partial charge in [0.15, 0.2) is 0 Å². The van der Waals surface area contributed by atoms with E-state index >= 15 is 0 Å². The van der Waals surface area contributed by atoms with Gasteiger partial charge >= 0.3 is 5.97 Å². The molecule has 2 N–H and O–H groups in total. The highest BCUT2D eigenvalue weighted by molar-refractivity contribution is 5.87. The highest BCUT2D eigenvalue weighted by Gasteiger charge is 2.15. The fraction of sp³-hybridized carbons (Fsp3) is 0.357. The Morgan fingerprint density at radius 3 is 2.80 bits per heavy atom. The van der Waals surface area contributed by atoms with Crippen molar-refractivity contribution in [2.45, 2.75) is 25.8 Å². The van der Waals surface area contributed by atoms with Crippen LogP contribution in [0.3, 0.4) is 0 Å². The van der Waals surface area contributed by atoms with Gasteiger partial charge in [0.25, 0.3) is 0 Å². The molecule has 2 aromatic rings.